The van der Waals surface area contributed by atoms with Crippen LogP contribution in [0.4, 0.5) is 0 Å². The van der Waals surface area contributed by atoms with Gasteiger partial charge in [-0.1, -0.05) is 21.9 Å². The lowest BCUT2D eigenvalue weighted by Crippen LogP contribution is -2.35. The summed E-state index contributed by atoms with van der Waals surface area (Å²) < 4.78 is 6.43. The maximum atomic E-state index is 11.7. The van der Waals surface area contributed by atoms with Gasteiger partial charge in [0.15, 0.2) is 0 Å². The summed E-state index contributed by atoms with van der Waals surface area (Å²) in [5, 5.41) is 3.12. The number of amides is 1. The van der Waals surface area contributed by atoms with Gasteiger partial charge in [0.05, 0.1) is 6.54 Å². The van der Waals surface area contributed by atoms with Crippen LogP contribution in [0.25, 0.3) is 0 Å². The Hall–Kier alpha value is -1.51. The number of rotatable bonds is 7. The normalized spacial score (nSPS) is 9.90. The Morgan fingerprint density at radius 3 is 2.95 bits per heavy atom. The van der Waals surface area contributed by atoms with Gasteiger partial charge in [0.1, 0.15) is 12.4 Å². The summed E-state index contributed by atoms with van der Waals surface area (Å²) in [6.07, 6.45) is 5.19. The average molecular weight is 339 g/mol. The van der Waals surface area contributed by atoms with Crippen LogP contribution in [0.2, 0.25) is 0 Å². The lowest BCUT2D eigenvalue weighted by Gasteiger charge is -2.15. The number of likely N-dealkylation sites (N-methyl/N-ethyl adjacent to an activating group) is 1. The molecule has 20 heavy (non-hydrogen) atoms. The third-order valence-corrected chi connectivity index (χ3v) is 3.32. The van der Waals surface area contributed by atoms with Crippen molar-refractivity contribution in [2.75, 3.05) is 26.7 Å². The number of carbonyl (C=O) groups excluding carboxylic acids is 1. The van der Waals surface area contributed by atoms with Crippen LogP contribution in [-0.4, -0.2) is 37.6 Å². The second-order valence-corrected chi connectivity index (χ2v) is 5.17. The van der Waals surface area contributed by atoms with E-state index in [1.165, 1.54) is 0 Å². The number of terminal acetylenes is 1. The highest BCUT2D eigenvalue weighted by Gasteiger charge is 2.08. The molecule has 1 aromatic rings. The Balaban J connectivity index is 2.60. The monoisotopic (exact) mass is 338 g/mol. The van der Waals surface area contributed by atoms with Crippen molar-refractivity contribution in [3.63, 3.8) is 0 Å². The van der Waals surface area contributed by atoms with Gasteiger partial charge in [-0.05, 0) is 25.1 Å². The molecule has 0 saturated heterocycles. The summed E-state index contributed by atoms with van der Waals surface area (Å²) in [6.45, 7) is 3.71. The second kappa shape index (κ2) is 8.62. The number of benzene rings is 1. The number of halogens is 1. The molecule has 0 saturated carbocycles. The molecular formula is C15H19BrN2O2. The van der Waals surface area contributed by atoms with Crippen LogP contribution in [0.1, 0.15) is 12.5 Å². The quantitative estimate of drug-likeness (QED) is 0.773. The molecule has 108 valence electrons. The fourth-order valence-electron chi connectivity index (χ4n) is 1.56. The highest BCUT2D eigenvalue weighted by molar-refractivity contribution is 9.10. The SMILES string of the molecule is C#CCOc1ccc(Br)cc1CNCC(=O)N(C)CC. The van der Waals surface area contributed by atoms with Gasteiger partial charge in [0.2, 0.25) is 5.91 Å². The molecule has 1 amide bonds. The first-order valence-electron chi connectivity index (χ1n) is 6.37. The number of hydrogen-bond acceptors (Lipinski definition) is 3. The molecule has 0 radical (unpaired) electrons. The van der Waals surface area contributed by atoms with Crippen LogP contribution >= 0.6 is 15.9 Å². The highest BCUT2D eigenvalue weighted by Crippen LogP contribution is 2.23. The fraction of sp³-hybridized carbons (Fsp3) is 0.400. The highest BCUT2D eigenvalue weighted by atomic mass is 79.9. The smallest absolute Gasteiger partial charge is 0.236 e. The Labute approximate surface area is 128 Å². The Morgan fingerprint density at radius 2 is 2.30 bits per heavy atom. The molecule has 0 aliphatic carbocycles. The van der Waals surface area contributed by atoms with E-state index in [1.807, 2.05) is 25.1 Å². The van der Waals surface area contributed by atoms with Gasteiger partial charge in [-0.3, -0.25) is 4.79 Å². The molecule has 0 aliphatic rings. The van der Waals surface area contributed by atoms with Crippen molar-refractivity contribution in [1.82, 2.24) is 10.2 Å². The minimum Gasteiger partial charge on any atom is -0.481 e. The van der Waals surface area contributed by atoms with Gasteiger partial charge in [-0.15, -0.1) is 6.42 Å². The average Bonchev–Trinajstić information content (AvgIpc) is 2.45. The Kier molecular flexibility index (Phi) is 7.13. The molecule has 0 aliphatic heterocycles. The van der Waals surface area contributed by atoms with Crippen molar-refractivity contribution in [2.45, 2.75) is 13.5 Å². The molecule has 1 N–H and O–H groups in total. The van der Waals surface area contributed by atoms with E-state index in [-0.39, 0.29) is 12.5 Å². The van der Waals surface area contributed by atoms with Crippen LogP contribution in [0, 0.1) is 12.3 Å². The van der Waals surface area contributed by atoms with Crippen LogP contribution in [0.3, 0.4) is 0 Å². The van der Waals surface area contributed by atoms with Gasteiger partial charge in [-0.25, -0.2) is 0 Å². The van der Waals surface area contributed by atoms with Crippen LogP contribution in [0.5, 0.6) is 5.75 Å². The molecule has 0 heterocycles. The van der Waals surface area contributed by atoms with Crippen molar-refractivity contribution in [1.29, 1.82) is 0 Å². The number of nitrogens with zero attached hydrogens (tertiary/aromatic N) is 1. The summed E-state index contributed by atoms with van der Waals surface area (Å²) in [5.41, 5.74) is 0.960. The van der Waals surface area contributed by atoms with E-state index >= 15 is 0 Å². The maximum Gasteiger partial charge on any atom is 0.236 e. The standard InChI is InChI=1S/C15H19BrN2O2/c1-4-8-20-14-7-6-13(16)9-12(14)10-17-11-15(19)18(3)5-2/h1,6-7,9,17H,5,8,10-11H2,2-3H3. The maximum absolute atomic E-state index is 11.7. The topological polar surface area (TPSA) is 41.6 Å². The van der Waals surface area contributed by atoms with E-state index in [0.717, 1.165) is 15.8 Å². The van der Waals surface area contributed by atoms with Gasteiger partial charge >= 0.3 is 0 Å². The summed E-state index contributed by atoms with van der Waals surface area (Å²) in [7, 11) is 1.78. The van der Waals surface area contributed by atoms with E-state index in [9.17, 15) is 4.79 Å². The van der Waals surface area contributed by atoms with Gasteiger partial charge < -0.3 is 15.0 Å². The minimum atomic E-state index is 0.0635. The fourth-order valence-corrected chi connectivity index (χ4v) is 1.97. The number of nitrogens with one attached hydrogen (secondary N) is 1. The first-order chi connectivity index (χ1) is 9.58. The molecule has 0 spiro atoms. The minimum absolute atomic E-state index is 0.0635. The van der Waals surface area contributed by atoms with E-state index < -0.39 is 0 Å². The zero-order chi connectivity index (χ0) is 15.0. The lowest BCUT2D eigenvalue weighted by molar-refractivity contribution is -0.128. The molecule has 0 unspecified atom stereocenters. The first-order valence-corrected chi connectivity index (χ1v) is 7.17. The van der Waals surface area contributed by atoms with Crippen molar-refractivity contribution < 1.29 is 9.53 Å². The van der Waals surface area contributed by atoms with Gasteiger partial charge in [-0.2, -0.15) is 0 Å². The molecule has 5 heteroatoms. The molecule has 1 aromatic carbocycles. The van der Waals surface area contributed by atoms with Crippen LogP contribution in [-0.2, 0) is 11.3 Å². The molecule has 0 fully saturated rings. The Bertz CT molecular complexity index is 497. The van der Waals surface area contributed by atoms with E-state index in [0.29, 0.717) is 19.6 Å². The van der Waals surface area contributed by atoms with E-state index in [4.69, 9.17) is 11.2 Å². The molecule has 4 nitrogen and oxygen atoms in total. The summed E-state index contributed by atoms with van der Waals surface area (Å²) in [6, 6.07) is 5.71. The van der Waals surface area contributed by atoms with Crippen molar-refractivity contribution in [2.24, 2.45) is 0 Å². The lowest BCUT2D eigenvalue weighted by atomic mass is 10.2. The van der Waals surface area contributed by atoms with E-state index in [2.05, 4.69) is 27.2 Å². The molecule has 0 atom stereocenters. The third-order valence-electron chi connectivity index (χ3n) is 2.83. The second-order valence-electron chi connectivity index (χ2n) is 4.26. The molecular weight excluding hydrogens is 320 g/mol. The summed E-state index contributed by atoms with van der Waals surface area (Å²) in [5.74, 6) is 3.23. The van der Waals surface area contributed by atoms with Crippen LogP contribution < -0.4 is 10.1 Å². The predicted octanol–water partition coefficient (Wildman–Crippen LogP) is 2.03. The van der Waals surface area contributed by atoms with Crippen molar-refractivity contribution >= 4 is 21.8 Å². The largest absolute Gasteiger partial charge is 0.481 e. The van der Waals surface area contributed by atoms with Crippen molar-refractivity contribution in [3.8, 4) is 18.1 Å². The summed E-state index contributed by atoms with van der Waals surface area (Å²) in [4.78, 5) is 13.4. The Morgan fingerprint density at radius 1 is 1.55 bits per heavy atom. The van der Waals surface area contributed by atoms with Crippen LogP contribution in [0.15, 0.2) is 22.7 Å². The molecule has 1 rings (SSSR count). The third kappa shape index (κ3) is 5.24. The number of hydrogen-bond donors (Lipinski definition) is 1. The van der Waals surface area contributed by atoms with Crippen molar-refractivity contribution in [3.05, 3.63) is 28.2 Å². The zero-order valence-corrected chi connectivity index (χ0v) is 13.4. The first kappa shape index (κ1) is 16.5. The van der Waals surface area contributed by atoms with Gasteiger partial charge in [0.25, 0.3) is 0 Å². The summed E-state index contributed by atoms with van der Waals surface area (Å²) >= 11 is 3.42. The molecule has 0 bridgehead atoms. The number of carbonyl (C=O) groups is 1. The van der Waals surface area contributed by atoms with Gasteiger partial charge in [0, 0.05) is 30.2 Å². The number of ether oxygens (including phenoxy) is 1. The molecule has 0 aromatic heterocycles. The van der Waals surface area contributed by atoms with E-state index in [1.54, 1.807) is 11.9 Å². The predicted molar refractivity (Wildman–Crippen MR) is 83.5 cm³/mol. The zero-order valence-electron chi connectivity index (χ0n) is 11.8.